The van der Waals surface area contributed by atoms with E-state index in [9.17, 15) is 13.2 Å². The second kappa shape index (κ2) is 7.20. The van der Waals surface area contributed by atoms with Crippen molar-refractivity contribution >= 4 is 32.2 Å². The molecular formula is C15H22N4O3S2. The lowest BCUT2D eigenvalue weighted by molar-refractivity contribution is -0.121. The summed E-state index contributed by atoms with van der Waals surface area (Å²) in [5, 5.41) is 4.95. The van der Waals surface area contributed by atoms with Crippen LogP contribution in [0.2, 0.25) is 0 Å². The maximum atomic E-state index is 12.2. The van der Waals surface area contributed by atoms with Crippen LogP contribution in [0.3, 0.4) is 0 Å². The van der Waals surface area contributed by atoms with E-state index in [1.165, 1.54) is 11.3 Å². The molecule has 3 rings (SSSR count). The minimum atomic E-state index is -3.13. The summed E-state index contributed by atoms with van der Waals surface area (Å²) in [6, 6.07) is 0.0364. The number of imidazole rings is 1. The van der Waals surface area contributed by atoms with E-state index in [1.54, 1.807) is 4.31 Å². The Kier molecular flexibility index (Phi) is 5.21. The highest BCUT2D eigenvalue weighted by molar-refractivity contribution is 7.89. The first-order valence-electron chi connectivity index (χ1n) is 8.16. The normalized spacial score (nSPS) is 17.4. The van der Waals surface area contributed by atoms with E-state index in [0.717, 1.165) is 10.7 Å². The van der Waals surface area contributed by atoms with Gasteiger partial charge in [-0.05, 0) is 19.3 Å². The third-order valence-corrected chi connectivity index (χ3v) is 7.01. The maximum absolute atomic E-state index is 12.2. The van der Waals surface area contributed by atoms with Gasteiger partial charge in [0.05, 0.1) is 17.9 Å². The second-order valence-electron chi connectivity index (χ2n) is 6.06. The Morgan fingerprint density at radius 1 is 1.42 bits per heavy atom. The van der Waals surface area contributed by atoms with Gasteiger partial charge in [-0.2, -0.15) is 0 Å². The molecule has 1 saturated heterocycles. The van der Waals surface area contributed by atoms with Gasteiger partial charge in [-0.1, -0.05) is 6.92 Å². The van der Waals surface area contributed by atoms with E-state index in [1.807, 2.05) is 29.1 Å². The Balaban J connectivity index is 1.49. The molecule has 0 spiro atoms. The molecule has 1 amide bonds. The lowest BCUT2D eigenvalue weighted by Crippen LogP contribution is -2.47. The van der Waals surface area contributed by atoms with E-state index in [0.29, 0.717) is 32.4 Å². The smallest absolute Gasteiger partial charge is 0.226 e. The molecule has 0 aliphatic carbocycles. The monoisotopic (exact) mass is 370 g/mol. The molecule has 0 atom stereocenters. The molecule has 24 heavy (non-hydrogen) atoms. The van der Waals surface area contributed by atoms with Crippen molar-refractivity contribution in [3.05, 3.63) is 23.5 Å². The van der Waals surface area contributed by atoms with E-state index in [-0.39, 0.29) is 24.1 Å². The lowest BCUT2D eigenvalue weighted by Gasteiger charge is -2.31. The van der Waals surface area contributed by atoms with Gasteiger partial charge >= 0.3 is 0 Å². The van der Waals surface area contributed by atoms with Crippen LogP contribution >= 0.6 is 11.3 Å². The van der Waals surface area contributed by atoms with Crippen LogP contribution in [0.5, 0.6) is 0 Å². The van der Waals surface area contributed by atoms with Crippen molar-refractivity contribution in [1.29, 1.82) is 0 Å². The molecule has 0 radical (unpaired) electrons. The Morgan fingerprint density at radius 2 is 2.17 bits per heavy atom. The van der Waals surface area contributed by atoms with Crippen LogP contribution in [-0.4, -0.2) is 52.9 Å². The molecule has 9 heteroatoms. The molecule has 0 saturated carbocycles. The van der Waals surface area contributed by atoms with Crippen molar-refractivity contribution in [1.82, 2.24) is 19.0 Å². The molecule has 1 fully saturated rings. The lowest BCUT2D eigenvalue weighted by atomic mass is 10.1. The number of carbonyl (C=O) groups excluding carboxylic acids is 1. The fourth-order valence-electron chi connectivity index (χ4n) is 2.97. The molecule has 7 nitrogen and oxygen atoms in total. The number of sulfonamides is 1. The summed E-state index contributed by atoms with van der Waals surface area (Å²) >= 11 is 1.54. The third kappa shape index (κ3) is 3.96. The molecule has 0 unspecified atom stereocenters. The Bertz CT molecular complexity index is 775. The largest absolute Gasteiger partial charge is 0.353 e. The van der Waals surface area contributed by atoms with E-state index in [4.69, 9.17) is 0 Å². The Hall–Kier alpha value is -1.45. The highest BCUT2D eigenvalue weighted by Crippen LogP contribution is 2.16. The average molecular weight is 371 g/mol. The number of carbonyl (C=O) groups is 1. The summed E-state index contributed by atoms with van der Waals surface area (Å²) in [7, 11) is -3.13. The van der Waals surface area contributed by atoms with Crippen LogP contribution in [0, 0.1) is 0 Å². The van der Waals surface area contributed by atoms with Crippen LogP contribution in [0.4, 0.5) is 0 Å². The Labute approximate surface area is 145 Å². The zero-order valence-corrected chi connectivity index (χ0v) is 15.3. The van der Waals surface area contributed by atoms with Crippen LogP contribution < -0.4 is 5.32 Å². The summed E-state index contributed by atoms with van der Waals surface area (Å²) < 4.78 is 27.5. The quantitative estimate of drug-likeness (QED) is 0.830. The van der Waals surface area contributed by atoms with Gasteiger partial charge < -0.3 is 5.32 Å². The predicted octanol–water partition coefficient (Wildman–Crippen LogP) is 1.26. The number of hydrogen-bond donors (Lipinski definition) is 1. The number of nitrogens with one attached hydrogen (secondary N) is 1. The van der Waals surface area contributed by atoms with Gasteiger partial charge in [0.15, 0.2) is 4.96 Å². The first-order chi connectivity index (χ1) is 11.5. The summed E-state index contributed by atoms with van der Waals surface area (Å²) in [5.74, 6) is 0.136. The van der Waals surface area contributed by atoms with Crippen LogP contribution in [-0.2, 0) is 21.2 Å². The number of thiazole rings is 1. The summed E-state index contributed by atoms with van der Waals surface area (Å²) in [5.41, 5.74) is 0.752. The van der Waals surface area contributed by atoms with Crippen molar-refractivity contribution in [3.8, 4) is 0 Å². The number of piperidine rings is 1. The van der Waals surface area contributed by atoms with Crippen LogP contribution in [0.1, 0.15) is 31.9 Å². The van der Waals surface area contributed by atoms with Gasteiger partial charge in [0.1, 0.15) is 0 Å². The van der Waals surface area contributed by atoms with Crippen molar-refractivity contribution in [3.63, 3.8) is 0 Å². The molecule has 132 valence electrons. The van der Waals surface area contributed by atoms with Crippen molar-refractivity contribution < 1.29 is 13.2 Å². The SMILES string of the molecule is CCCS(=O)(=O)N1CCC(NC(=O)Cc2cn3ccsc3n2)CC1. The molecule has 1 aliphatic rings. The molecular weight excluding hydrogens is 348 g/mol. The zero-order valence-electron chi connectivity index (χ0n) is 13.6. The summed E-state index contributed by atoms with van der Waals surface area (Å²) in [6.07, 6.45) is 5.98. The Morgan fingerprint density at radius 3 is 2.83 bits per heavy atom. The van der Waals surface area contributed by atoms with Crippen molar-refractivity contribution in [2.45, 2.75) is 38.6 Å². The number of rotatable bonds is 6. The highest BCUT2D eigenvalue weighted by Gasteiger charge is 2.28. The van der Waals surface area contributed by atoms with Gasteiger partial charge in [-0.25, -0.2) is 17.7 Å². The summed E-state index contributed by atoms with van der Waals surface area (Å²) in [6.45, 7) is 2.82. The van der Waals surface area contributed by atoms with Gasteiger partial charge in [0.25, 0.3) is 0 Å². The summed E-state index contributed by atoms with van der Waals surface area (Å²) in [4.78, 5) is 17.5. The van der Waals surface area contributed by atoms with E-state index >= 15 is 0 Å². The number of aromatic nitrogens is 2. The first kappa shape index (κ1) is 17.4. The predicted molar refractivity (Wildman–Crippen MR) is 93.6 cm³/mol. The van der Waals surface area contributed by atoms with Crippen molar-refractivity contribution in [2.24, 2.45) is 0 Å². The molecule has 3 heterocycles. The highest BCUT2D eigenvalue weighted by atomic mass is 32.2. The minimum Gasteiger partial charge on any atom is -0.353 e. The van der Waals surface area contributed by atoms with Gasteiger partial charge in [-0.3, -0.25) is 9.20 Å². The minimum absolute atomic E-state index is 0.0364. The van der Waals surface area contributed by atoms with E-state index < -0.39 is 10.0 Å². The maximum Gasteiger partial charge on any atom is 0.226 e. The molecule has 1 N–H and O–H groups in total. The van der Waals surface area contributed by atoms with Gasteiger partial charge in [-0.15, -0.1) is 11.3 Å². The number of fused-ring (bicyclic) bond motifs is 1. The topological polar surface area (TPSA) is 83.8 Å². The first-order valence-corrected chi connectivity index (χ1v) is 10.6. The van der Waals surface area contributed by atoms with Crippen LogP contribution in [0.15, 0.2) is 17.8 Å². The molecule has 2 aromatic heterocycles. The third-order valence-electron chi connectivity index (χ3n) is 4.16. The van der Waals surface area contributed by atoms with Gasteiger partial charge in [0.2, 0.25) is 15.9 Å². The van der Waals surface area contributed by atoms with Crippen LogP contribution in [0.25, 0.3) is 4.96 Å². The number of hydrogen-bond acceptors (Lipinski definition) is 5. The number of amides is 1. The van der Waals surface area contributed by atoms with E-state index in [2.05, 4.69) is 10.3 Å². The van der Waals surface area contributed by atoms with Crippen molar-refractivity contribution in [2.75, 3.05) is 18.8 Å². The average Bonchev–Trinajstić information content (AvgIpc) is 3.08. The molecule has 0 bridgehead atoms. The molecule has 1 aliphatic heterocycles. The molecule has 2 aromatic rings. The fourth-order valence-corrected chi connectivity index (χ4v) is 5.23. The standard InChI is InChI=1S/C15H22N4O3S2/c1-2-9-24(21,22)19-5-3-12(4-6-19)16-14(20)10-13-11-18-7-8-23-15(18)17-13/h7-8,11-12H,2-6,9-10H2,1H3,(H,16,20). The van der Waals surface area contributed by atoms with Gasteiger partial charge in [0, 0.05) is 36.9 Å². The zero-order chi connectivity index (χ0) is 17.2. The second-order valence-corrected chi connectivity index (χ2v) is 9.02. The fraction of sp³-hybridized carbons (Fsp3) is 0.600. The molecule has 0 aromatic carbocycles. The number of nitrogens with zero attached hydrogens (tertiary/aromatic N) is 3.